The molecule has 1 aromatic heterocycles. The molecule has 3 atom stereocenters. The van der Waals surface area contributed by atoms with Gasteiger partial charge < -0.3 is 19.9 Å². The lowest BCUT2D eigenvalue weighted by molar-refractivity contribution is -0.125. The number of aliphatic imine (C=N–C) groups is 1. The Morgan fingerprint density at radius 1 is 1.46 bits per heavy atom. The van der Waals surface area contributed by atoms with Gasteiger partial charge in [-0.3, -0.25) is 4.99 Å². The molecular weight excluding hydrogens is 300 g/mol. The number of guanidine groups is 1. The predicted molar refractivity (Wildman–Crippen MR) is 95.9 cm³/mol. The molecule has 132 valence electrons. The third-order valence-corrected chi connectivity index (χ3v) is 6.31. The van der Waals surface area contributed by atoms with Gasteiger partial charge in [0.2, 0.25) is 0 Å². The minimum Gasteiger partial charge on any atom is -0.377 e. The second kappa shape index (κ2) is 6.43. The molecule has 2 aliphatic carbocycles. The van der Waals surface area contributed by atoms with Crippen LogP contribution < -0.4 is 5.32 Å². The van der Waals surface area contributed by atoms with E-state index in [0.717, 1.165) is 25.7 Å². The average molecular weight is 330 g/mol. The first-order chi connectivity index (χ1) is 11.7. The molecule has 2 N–H and O–H groups in total. The van der Waals surface area contributed by atoms with E-state index in [9.17, 15) is 0 Å². The van der Waals surface area contributed by atoms with Crippen LogP contribution in [0.4, 0.5) is 0 Å². The standard InChI is InChI=1S/C19H30N4O/c1-3-20-18(23(2)13-14-7-6-11-21-14)22-16-15-8-12-24-17(15)19(16)9-4-5-10-19/h6-7,11,15-17,21H,3-5,8-10,12-13H2,1-2H3,(H,20,22). The number of H-pyrrole nitrogens is 1. The maximum absolute atomic E-state index is 6.11. The van der Waals surface area contributed by atoms with Crippen LogP contribution in [0, 0.1) is 11.3 Å². The Morgan fingerprint density at radius 3 is 3.00 bits per heavy atom. The molecule has 2 heterocycles. The zero-order chi connectivity index (χ0) is 16.6. The maximum atomic E-state index is 6.11. The highest BCUT2D eigenvalue weighted by Gasteiger charge is 2.65. The Bertz CT molecular complexity index is 576. The lowest BCUT2D eigenvalue weighted by Crippen LogP contribution is -2.69. The Labute approximate surface area is 144 Å². The number of nitrogens with one attached hydrogen (secondary N) is 2. The van der Waals surface area contributed by atoms with Crippen LogP contribution in [0.3, 0.4) is 0 Å². The van der Waals surface area contributed by atoms with Crippen molar-refractivity contribution in [1.29, 1.82) is 0 Å². The predicted octanol–water partition coefficient (Wildman–Crippen LogP) is 2.76. The Hall–Kier alpha value is -1.49. The molecule has 3 fully saturated rings. The topological polar surface area (TPSA) is 52.7 Å². The molecular formula is C19H30N4O. The van der Waals surface area contributed by atoms with E-state index in [1.165, 1.54) is 37.8 Å². The second-order valence-corrected chi connectivity index (χ2v) is 7.66. The van der Waals surface area contributed by atoms with E-state index in [2.05, 4.69) is 35.2 Å². The van der Waals surface area contributed by atoms with Crippen molar-refractivity contribution < 1.29 is 4.74 Å². The lowest BCUT2D eigenvalue weighted by atomic mass is 9.54. The highest BCUT2D eigenvalue weighted by atomic mass is 16.5. The number of aromatic nitrogens is 1. The Morgan fingerprint density at radius 2 is 2.29 bits per heavy atom. The molecule has 1 spiro atoms. The molecule has 1 aromatic rings. The lowest BCUT2D eigenvalue weighted by Gasteiger charge is -2.57. The minimum absolute atomic E-state index is 0.364. The molecule has 0 bridgehead atoms. The first-order valence-electron chi connectivity index (χ1n) is 9.50. The van der Waals surface area contributed by atoms with Gasteiger partial charge in [0.25, 0.3) is 0 Å². The fraction of sp³-hybridized carbons (Fsp3) is 0.737. The Kier molecular flexibility index (Phi) is 4.29. The van der Waals surface area contributed by atoms with E-state index >= 15 is 0 Å². The summed E-state index contributed by atoms with van der Waals surface area (Å²) >= 11 is 0. The van der Waals surface area contributed by atoms with Gasteiger partial charge in [-0.25, -0.2) is 0 Å². The molecule has 3 unspecified atom stereocenters. The van der Waals surface area contributed by atoms with Gasteiger partial charge in [-0.2, -0.15) is 0 Å². The summed E-state index contributed by atoms with van der Waals surface area (Å²) in [5, 5.41) is 3.85. The zero-order valence-corrected chi connectivity index (χ0v) is 14.9. The van der Waals surface area contributed by atoms with Crippen molar-refractivity contribution in [2.75, 3.05) is 20.2 Å². The molecule has 24 heavy (non-hydrogen) atoms. The van der Waals surface area contributed by atoms with Crippen LogP contribution in [0.1, 0.15) is 44.7 Å². The molecule has 5 nitrogen and oxygen atoms in total. The van der Waals surface area contributed by atoms with Gasteiger partial charge in [-0.1, -0.05) is 12.8 Å². The SMILES string of the molecule is CCN=C(NC1C2CCOC2C12CCCC2)N(C)Cc1ccc[nH]1. The monoisotopic (exact) mass is 330 g/mol. The van der Waals surface area contributed by atoms with Crippen LogP contribution in [0.15, 0.2) is 23.3 Å². The van der Waals surface area contributed by atoms with E-state index in [-0.39, 0.29) is 0 Å². The quantitative estimate of drug-likeness (QED) is 0.659. The van der Waals surface area contributed by atoms with Gasteiger partial charge in [-0.15, -0.1) is 0 Å². The van der Waals surface area contributed by atoms with Gasteiger partial charge in [0.15, 0.2) is 5.96 Å². The zero-order valence-electron chi connectivity index (χ0n) is 14.9. The van der Waals surface area contributed by atoms with Crippen molar-refractivity contribution in [1.82, 2.24) is 15.2 Å². The number of hydrogen-bond donors (Lipinski definition) is 2. The average Bonchev–Trinajstić information content (AvgIpc) is 3.30. The van der Waals surface area contributed by atoms with Gasteiger partial charge in [-0.05, 0) is 38.3 Å². The number of fused-ring (bicyclic) bond motifs is 2. The van der Waals surface area contributed by atoms with Crippen LogP contribution in [0.5, 0.6) is 0 Å². The summed E-state index contributed by atoms with van der Waals surface area (Å²) in [6, 6.07) is 4.71. The molecule has 1 saturated heterocycles. The van der Waals surface area contributed by atoms with Gasteiger partial charge in [0.05, 0.1) is 12.6 Å². The van der Waals surface area contributed by atoms with Crippen LogP contribution in [-0.4, -0.2) is 48.2 Å². The number of ether oxygens (including phenoxy) is 1. The smallest absolute Gasteiger partial charge is 0.194 e. The maximum Gasteiger partial charge on any atom is 0.194 e. The minimum atomic E-state index is 0.364. The van der Waals surface area contributed by atoms with Crippen LogP contribution in [0.2, 0.25) is 0 Å². The number of nitrogens with zero attached hydrogens (tertiary/aromatic N) is 2. The normalized spacial score (nSPS) is 31.1. The fourth-order valence-electron chi connectivity index (χ4n) is 5.27. The van der Waals surface area contributed by atoms with E-state index in [1.807, 2.05) is 12.3 Å². The van der Waals surface area contributed by atoms with Gasteiger partial charge in [0, 0.05) is 49.5 Å². The van der Waals surface area contributed by atoms with Crippen molar-refractivity contribution in [3.8, 4) is 0 Å². The van der Waals surface area contributed by atoms with Crippen molar-refractivity contribution in [2.45, 2.75) is 57.7 Å². The second-order valence-electron chi connectivity index (χ2n) is 7.66. The summed E-state index contributed by atoms with van der Waals surface area (Å²) in [7, 11) is 2.13. The van der Waals surface area contributed by atoms with Crippen LogP contribution in [0.25, 0.3) is 0 Å². The van der Waals surface area contributed by atoms with E-state index in [0.29, 0.717) is 23.5 Å². The number of hydrogen-bond acceptors (Lipinski definition) is 2. The number of aromatic amines is 1. The Balaban J connectivity index is 1.49. The first-order valence-corrected chi connectivity index (χ1v) is 9.50. The van der Waals surface area contributed by atoms with Crippen molar-refractivity contribution in [3.63, 3.8) is 0 Å². The molecule has 0 radical (unpaired) electrons. The largest absolute Gasteiger partial charge is 0.377 e. The highest BCUT2D eigenvalue weighted by molar-refractivity contribution is 5.80. The number of rotatable bonds is 4. The summed E-state index contributed by atoms with van der Waals surface area (Å²) in [6.07, 6.45) is 9.00. The molecule has 5 heteroatoms. The summed E-state index contributed by atoms with van der Waals surface area (Å²) in [4.78, 5) is 10.3. The molecule has 1 aliphatic heterocycles. The van der Waals surface area contributed by atoms with Crippen LogP contribution in [-0.2, 0) is 11.3 Å². The third kappa shape index (κ3) is 2.53. The summed E-state index contributed by atoms with van der Waals surface area (Å²) in [5.74, 6) is 1.71. The fourth-order valence-corrected chi connectivity index (χ4v) is 5.27. The van der Waals surface area contributed by atoms with Crippen molar-refractivity contribution >= 4 is 5.96 Å². The molecule has 3 aliphatic rings. The van der Waals surface area contributed by atoms with Crippen LogP contribution >= 0.6 is 0 Å². The highest BCUT2D eigenvalue weighted by Crippen LogP contribution is 2.60. The molecule has 4 rings (SSSR count). The van der Waals surface area contributed by atoms with Gasteiger partial charge >= 0.3 is 0 Å². The molecule has 2 saturated carbocycles. The summed E-state index contributed by atoms with van der Waals surface area (Å²) in [6.45, 7) is 4.70. The molecule has 0 amide bonds. The van der Waals surface area contributed by atoms with E-state index in [4.69, 9.17) is 9.73 Å². The van der Waals surface area contributed by atoms with Crippen molar-refractivity contribution in [3.05, 3.63) is 24.0 Å². The van der Waals surface area contributed by atoms with Gasteiger partial charge in [0.1, 0.15) is 0 Å². The van der Waals surface area contributed by atoms with Crippen molar-refractivity contribution in [2.24, 2.45) is 16.3 Å². The van der Waals surface area contributed by atoms with E-state index in [1.54, 1.807) is 0 Å². The third-order valence-electron chi connectivity index (χ3n) is 6.31. The summed E-state index contributed by atoms with van der Waals surface area (Å²) in [5.41, 5.74) is 1.58. The molecule has 0 aromatic carbocycles. The van der Waals surface area contributed by atoms with E-state index < -0.39 is 0 Å². The first kappa shape index (κ1) is 16.0. The summed E-state index contributed by atoms with van der Waals surface area (Å²) < 4.78 is 6.11.